The second-order valence-electron chi connectivity index (χ2n) is 5.24. The van der Waals surface area contributed by atoms with Gasteiger partial charge >= 0.3 is 6.03 Å². The lowest BCUT2D eigenvalue weighted by molar-refractivity contribution is -0.126. The molecule has 0 aromatic heterocycles. The lowest BCUT2D eigenvalue weighted by atomic mass is 10.1. The van der Waals surface area contributed by atoms with E-state index < -0.39 is 6.04 Å². The van der Waals surface area contributed by atoms with Crippen molar-refractivity contribution >= 4 is 11.9 Å². The molecule has 1 unspecified atom stereocenters. The van der Waals surface area contributed by atoms with Crippen molar-refractivity contribution in [2.75, 3.05) is 6.54 Å². The Kier molecular flexibility index (Phi) is 2.75. The van der Waals surface area contributed by atoms with E-state index in [0.29, 0.717) is 12.2 Å². The minimum Gasteiger partial charge on any atom is -0.347 e. The quantitative estimate of drug-likeness (QED) is 0.809. The van der Waals surface area contributed by atoms with Crippen molar-refractivity contribution in [2.24, 2.45) is 0 Å². The monoisotopic (exact) mass is 294 g/mol. The van der Waals surface area contributed by atoms with E-state index in [2.05, 4.69) is 10.6 Å². The fourth-order valence-corrected chi connectivity index (χ4v) is 2.80. The van der Waals surface area contributed by atoms with Crippen molar-refractivity contribution in [3.8, 4) is 0 Å². The highest BCUT2D eigenvalue weighted by Gasteiger charge is 2.41. The van der Waals surface area contributed by atoms with Gasteiger partial charge in [0.05, 0.1) is 5.70 Å². The lowest BCUT2D eigenvalue weighted by Gasteiger charge is -2.24. The van der Waals surface area contributed by atoms with Crippen LogP contribution in [0.4, 0.5) is 4.79 Å². The van der Waals surface area contributed by atoms with Crippen LogP contribution in [-0.4, -0.2) is 28.3 Å². The van der Waals surface area contributed by atoms with E-state index in [4.69, 9.17) is 0 Å². The molecule has 6 nitrogen and oxygen atoms in total. The molecule has 110 valence electrons. The van der Waals surface area contributed by atoms with Crippen LogP contribution < -0.4 is 10.6 Å². The van der Waals surface area contributed by atoms with E-state index in [-0.39, 0.29) is 11.9 Å². The molecule has 0 saturated carbocycles. The molecule has 3 aliphatic heterocycles. The van der Waals surface area contributed by atoms with Gasteiger partial charge in [-0.15, -0.1) is 0 Å². The second kappa shape index (κ2) is 4.77. The number of carbonyl (C=O) groups excluding carboxylic acids is 2. The van der Waals surface area contributed by atoms with Crippen LogP contribution in [-0.2, 0) is 4.79 Å². The molecule has 3 aliphatic rings. The Bertz CT molecular complexity index is 736. The predicted octanol–water partition coefficient (Wildman–Crippen LogP) is 1.39. The number of benzene rings is 1. The predicted molar refractivity (Wildman–Crippen MR) is 79.7 cm³/mol. The third kappa shape index (κ3) is 1.88. The van der Waals surface area contributed by atoms with E-state index in [0.717, 1.165) is 11.4 Å². The Hall–Kier alpha value is -3.02. The summed E-state index contributed by atoms with van der Waals surface area (Å²) in [6.45, 7) is 0.623. The second-order valence-corrected chi connectivity index (χ2v) is 5.24. The highest BCUT2D eigenvalue weighted by Crippen LogP contribution is 2.28. The van der Waals surface area contributed by atoms with Gasteiger partial charge in [-0.1, -0.05) is 30.3 Å². The third-order valence-electron chi connectivity index (χ3n) is 3.91. The van der Waals surface area contributed by atoms with Gasteiger partial charge in [-0.05, 0) is 11.6 Å². The number of fused-ring (bicyclic) bond motifs is 1. The molecule has 0 aliphatic carbocycles. The normalized spacial score (nSPS) is 23.0. The van der Waals surface area contributed by atoms with Crippen LogP contribution >= 0.6 is 0 Å². The average Bonchev–Trinajstić information content (AvgIpc) is 3.12. The van der Waals surface area contributed by atoms with Crippen molar-refractivity contribution in [2.45, 2.75) is 6.04 Å². The summed E-state index contributed by atoms with van der Waals surface area (Å²) in [6, 6.07) is 8.25. The molecule has 3 amide bonds. The van der Waals surface area contributed by atoms with Gasteiger partial charge in [-0.2, -0.15) is 0 Å². The van der Waals surface area contributed by atoms with Crippen molar-refractivity contribution in [3.05, 3.63) is 72.0 Å². The molecule has 6 heteroatoms. The number of hydrogen-bond donors (Lipinski definition) is 2. The smallest absolute Gasteiger partial charge is 0.329 e. The zero-order chi connectivity index (χ0) is 15.1. The number of nitrogens with zero attached hydrogens (tertiary/aromatic N) is 2. The first kappa shape index (κ1) is 12.7. The highest BCUT2D eigenvalue weighted by molar-refractivity contribution is 6.06. The molecule has 2 N–H and O–H groups in total. The molecule has 3 heterocycles. The number of rotatable bonds is 2. The molecular weight excluding hydrogens is 280 g/mol. The molecule has 0 radical (unpaired) electrons. The number of urea groups is 1. The first-order valence-electron chi connectivity index (χ1n) is 7.05. The zero-order valence-corrected chi connectivity index (χ0v) is 11.7. The molecule has 4 rings (SSSR count). The van der Waals surface area contributed by atoms with E-state index in [9.17, 15) is 9.59 Å². The Balaban J connectivity index is 1.62. The van der Waals surface area contributed by atoms with Crippen LogP contribution in [0, 0.1) is 0 Å². The minimum atomic E-state index is -0.624. The third-order valence-corrected chi connectivity index (χ3v) is 3.91. The number of hydrogen-bond acceptors (Lipinski definition) is 4. The van der Waals surface area contributed by atoms with E-state index >= 15 is 0 Å². The number of imide groups is 1. The molecule has 1 atom stereocenters. The van der Waals surface area contributed by atoms with Crippen LogP contribution in [0.3, 0.4) is 0 Å². The van der Waals surface area contributed by atoms with E-state index in [1.165, 1.54) is 4.90 Å². The van der Waals surface area contributed by atoms with Crippen LogP contribution in [0.25, 0.3) is 0 Å². The van der Waals surface area contributed by atoms with E-state index in [1.807, 2.05) is 53.7 Å². The van der Waals surface area contributed by atoms with Gasteiger partial charge in [0.1, 0.15) is 11.9 Å². The molecule has 1 aromatic carbocycles. The van der Waals surface area contributed by atoms with Crippen LogP contribution in [0.15, 0.2) is 66.4 Å². The van der Waals surface area contributed by atoms with Gasteiger partial charge in [-0.3, -0.25) is 4.79 Å². The summed E-state index contributed by atoms with van der Waals surface area (Å²) < 4.78 is 0. The Labute approximate surface area is 127 Å². The van der Waals surface area contributed by atoms with Crippen molar-refractivity contribution < 1.29 is 9.59 Å². The molecular formula is C16H14N4O2. The summed E-state index contributed by atoms with van der Waals surface area (Å²) in [7, 11) is 0. The molecule has 0 bridgehead atoms. The van der Waals surface area contributed by atoms with Crippen molar-refractivity contribution in [1.29, 1.82) is 0 Å². The largest absolute Gasteiger partial charge is 0.347 e. The Morgan fingerprint density at radius 2 is 1.95 bits per heavy atom. The molecule has 1 fully saturated rings. The summed E-state index contributed by atoms with van der Waals surface area (Å²) in [5.74, 6) is 0.611. The maximum Gasteiger partial charge on any atom is 0.329 e. The van der Waals surface area contributed by atoms with Crippen LogP contribution in [0.2, 0.25) is 0 Å². The lowest BCUT2D eigenvalue weighted by Crippen LogP contribution is -2.33. The molecule has 1 saturated heterocycles. The molecule has 0 spiro atoms. The maximum absolute atomic E-state index is 12.6. The SMILES string of the molecule is O=C1NC(c2ccccc2)C(=O)N1C1=CCN2C=CNC2=C1. The summed E-state index contributed by atoms with van der Waals surface area (Å²) in [6.07, 6.45) is 7.40. The average molecular weight is 294 g/mol. The number of carbonyl (C=O) groups is 2. The highest BCUT2D eigenvalue weighted by atomic mass is 16.2. The number of allylic oxidation sites excluding steroid dienone is 1. The molecule has 22 heavy (non-hydrogen) atoms. The number of nitrogens with one attached hydrogen (secondary N) is 2. The Morgan fingerprint density at radius 3 is 2.77 bits per heavy atom. The minimum absolute atomic E-state index is 0.251. The maximum atomic E-state index is 12.6. The molecule has 1 aromatic rings. The van der Waals surface area contributed by atoms with Crippen LogP contribution in [0.1, 0.15) is 11.6 Å². The summed E-state index contributed by atoms with van der Waals surface area (Å²) >= 11 is 0. The van der Waals surface area contributed by atoms with Crippen molar-refractivity contribution in [3.63, 3.8) is 0 Å². The van der Waals surface area contributed by atoms with E-state index in [1.54, 1.807) is 6.08 Å². The van der Waals surface area contributed by atoms with Gasteiger partial charge in [0.25, 0.3) is 5.91 Å². The first-order valence-corrected chi connectivity index (χ1v) is 7.05. The topological polar surface area (TPSA) is 64.7 Å². The zero-order valence-electron chi connectivity index (χ0n) is 11.7. The van der Waals surface area contributed by atoms with Crippen molar-refractivity contribution in [1.82, 2.24) is 20.4 Å². The van der Waals surface area contributed by atoms with Crippen LogP contribution in [0.5, 0.6) is 0 Å². The first-order chi connectivity index (χ1) is 10.7. The number of amides is 3. The summed E-state index contributed by atoms with van der Waals surface area (Å²) in [5.41, 5.74) is 1.39. The summed E-state index contributed by atoms with van der Waals surface area (Å²) in [4.78, 5) is 28.1. The van der Waals surface area contributed by atoms with Gasteiger partial charge < -0.3 is 15.5 Å². The standard InChI is InChI=1S/C16H14N4O2/c21-15-14(11-4-2-1-3-5-11)18-16(22)20(15)12-6-8-19-9-7-17-13(19)10-12/h1-7,9-10,14,17H,8H2,(H,18,22). The fraction of sp³-hybridized carbons (Fsp3) is 0.125. The van der Waals surface area contributed by atoms with Gasteiger partial charge in [-0.25, -0.2) is 9.69 Å². The van der Waals surface area contributed by atoms with Gasteiger partial charge in [0, 0.05) is 25.0 Å². The summed E-state index contributed by atoms with van der Waals surface area (Å²) in [5, 5.41) is 5.83. The fourth-order valence-electron chi connectivity index (χ4n) is 2.80. The Morgan fingerprint density at radius 1 is 1.14 bits per heavy atom. The van der Waals surface area contributed by atoms with Gasteiger partial charge in [0.2, 0.25) is 0 Å². The van der Waals surface area contributed by atoms with Gasteiger partial charge in [0.15, 0.2) is 0 Å².